The molecule has 2 bridgehead atoms. The molecule has 13 nitrogen and oxygen atoms in total. The summed E-state index contributed by atoms with van der Waals surface area (Å²) in [5, 5.41) is 28.8. The van der Waals surface area contributed by atoms with Crippen molar-refractivity contribution in [2.24, 2.45) is 5.92 Å². The van der Waals surface area contributed by atoms with Gasteiger partial charge in [-0.15, -0.1) is 5.10 Å². The highest BCUT2D eigenvalue weighted by Crippen LogP contribution is 2.33. The van der Waals surface area contributed by atoms with Gasteiger partial charge in [-0.05, 0) is 53.6 Å². The van der Waals surface area contributed by atoms with E-state index < -0.39 is 6.04 Å². The van der Waals surface area contributed by atoms with Crippen LogP contribution in [0.3, 0.4) is 0 Å². The molecule has 1 aliphatic heterocycles. The van der Waals surface area contributed by atoms with Gasteiger partial charge in [-0.3, -0.25) is 23.8 Å². The highest BCUT2D eigenvalue weighted by molar-refractivity contribution is 6.31. The molecular weight excluding hydrogens is 560 g/mol. The van der Waals surface area contributed by atoms with Gasteiger partial charge in [-0.1, -0.05) is 24.9 Å². The first-order valence-corrected chi connectivity index (χ1v) is 13.9. The molecule has 14 heteroatoms. The highest BCUT2D eigenvalue weighted by atomic mass is 35.5. The van der Waals surface area contributed by atoms with Crippen LogP contribution in [0.25, 0.3) is 28.2 Å². The average molecular weight is 587 g/mol. The minimum Gasteiger partial charge on any atom is -0.394 e. The number of aromatic nitrogens is 9. The molecule has 0 saturated heterocycles. The van der Waals surface area contributed by atoms with E-state index in [0.29, 0.717) is 58.3 Å². The number of hydrogen-bond acceptors (Lipinski definition) is 9. The first-order chi connectivity index (χ1) is 20.4. The van der Waals surface area contributed by atoms with Crippen molar-refractivity contribution >= 4 is 23.2 Å². The second-order valence-corrected chi connectivity index (χ2v) is 10.5. The summed E-state index contributed by atoms with van der Waals surface area (Å²) in [6.45, 7) is 2.01. The monoisotopic (exact) mass is 586 g/mol. The normalized spacial score (nSPS) is 17.2. The number of pyridine rings is 1. The molecule has 5 heterocycles. The van der Waals surface area contributed by atoms with Gasteiger partial charge < -0.3 is 10.4 Å². The molecular formula is C28H27ClN10O3. The number of anilines is 1. The number of nitrogens with zero attached hydrogens (tertiary/aromatic N) is 9. The summed E-state index contributed by atoms with van der Waals surface area (Å²) < 4.78 is 4.70. The van der Waals surface area contributed by atoms with Gasteiger partial charge in [0, 0.05) is 34.3 Å². The van der Waals surface area contributed by atoms with Crippen LogP contribution in [-0.2, 0) is 11.3 Å². The summed E-state index contributed by atoms with van der Waals surface area (Å²) in [5.41, 5.74) is 4.00. The Hall–Kier alpha value is -4.75. The van der Waals surface area contributed by atoms with Gasteiger partial charge >= 0.3 is 0 Å². The Morgan fingerprint density at radius 1 is 1.10 bits per heavy atom. The van der Waals surface area contributed by atoms with Gasteiger partial charge in [0.05, 0.1) is 60.2 Å². The summed E-state index contributed by atoms with van der Waals surface area (Å²) in [7, 11) is 0. The van der Waals surface area contributed by atoms with Crippen molar-refractivity contribution in [1.29, 1.82) is 0 Å². The standard InChI is InChI=1S/C28H27ClN10O3/c1-17-3-2-4-25(22-11-18(7-8-30-22)27-23(34-28(17)42)14-33-38(27)9-10-40)37-15-31-21(13-26(37)41)20-12-19(29)5-6-24(20)39-16-32-35-36-39/h5-8,11-17,25,40H,2-4,9-10H2,1H3,(H,34,42)/t17-,25+/m1/s1. The molecule has 0 spiro atoms. The molecule has 4 aromatic heterocycles. The van der Waals surface area contributed by atoms with Crippen LogP contribution >= 0.6 is 11.6 Å². The number of tetrazole rings is 1. The molecule has 2 atom stereocenters. The zero-order valence-electron chi connectivity index (χ0n) is 22.6. The smallest absolute Gasteiger partial charge is 0.254 e. The Morgan fingerprint density at radius 3 is 2.76 bits per heavy atom. The lowest BCUT2D eigenvalue weighted by atomic mass is 9.97. The molecule has 5 aromatic rings. The van der Waals surface area contributed by atoms with Crippen LogP contribution in [0.15, 0.2) is 66.2 Å². The molecule has 1 aliphatic rings. The van der Waals surface area contributed by atoms with E-state index in [9.17, 15) is 14.7 Å². The van der Waals surface area contributed by atoms with E-state index in [4.69, 9.17) is 11.6 Å². The number of fused-ring (bicyclic) bond motifs is 4. The van der Waals surface area contributed by atoms with Gasteiger partial charge in [0.2, 0.25) is 5.91 Å². The fraction of sp³-hybridized carbons (Fsp3) is 0.286. The Morgan fingerprint density at radius 2 is 1.98 bits per heavy atom. The number of rotatable bonds is 5. The van der Waals surface area contributed by atoms with Crippen LogP contribution in [0.1, 0.15) is 37.9 Å². The number of carbonyl (C=O) groups excluding carboxylic acids is 1. The number of aliphatic hydroxyl groups is 1. The fourth-order valence-corrected chi connectivity index (χ4v) is 5.41. The first-order valence-electron chi connectivity index (χ1n) is 13.5. The van der Waals surface area contributed by atoms with Gasteiger partial charge in [0.25, 0.3) is 5.56 Å². The number of hydrogen-bond donors (Lipinski definition) is 2. The Balaban J connectivity index is 1.44. The molecule has 0 fully saturated rings. The molecule has 214 valence electrons. The summed E-state index contributed by atoms with van der Waals surface area (Å²) in [4.78, 5) is 36.0. The van der Waals surface area contributed by atoms with Crippen LogP contribution in [0.2, 0.25) is 5.02 Å². The number of halogens is 1. The van der Waals surface area contributed by atoms with Crippen molar-refractivity contribution < 1.29 is 9.90 Å². The molecule has 0 radical (unpaired) electrons. The van der Waals surface area contributed by atoms with E-state index in [1.165, 1.54) is 23.4 Å². The third kappa shape index (κ3) is 5.31. The van der Waals surface area contributed by atoms with E-state index in [2.05, 4.69) is 35.9 Å². The van der Waals surface area contributed by atoms with Crippen LogP contribution in [0.4, 0.5) is 5.69 Å². The number of aliphatic hydroxyl groups excluding tert-OH is 1. The van der Waals surface area contributed by atoms with Crippen LogP contribution < -0.4 is 10.9 Å². The maximum Gasteiger partial charge on any atom is 0.254 e. The third-order valence-electron chi connectivity index (χ3n) is 7.37. The van der Waals surface area contributed by atoms with E-state index in [1.807, 2.05) is 19.1 Å². The first kappa shape index (κ1) is 27.4. The van der Waals surface area contributed by atoms with E-state index in [1.54, 1.807) is 39.8 Å². The van der Waals surface area contributed by atoms with Gasteiger partial charge in [-0.2, -0.15) is 9.78 Å². The SMILES string of the molecule is C[C@@H]1CCC[C@H](n2cnc(-c3cc(Cl)ccc3-n3cnnn3)cc2=O)c2cc(ccn2)-c2c(cnn2CCO)NC1=O. The molecule has 2 N–H and O–H groups in total. The van der Waals surface area contributed by atoms with Gasteiger partial charge in [-0.25, -0.2) is 4.98 Å². The predicted octanol–water partition coefficient (Wildman–Crippen LogP) is 3.14. The van der Waals surface area contributed by atoms with Crippen LogP contribution in [0, 0.1) is 5.92 Å². The van der Waals surface area contributed by atoms with Crippen molar-refractivity contribution in [3.8, 4) is 28.2 Å². The largest absolute Gasteiger partial charge is 0.394 e. The van der Waals surface area contributed by atoms with Gasteiger partial charge in [0.15, 0.2) is 0 Å². The highest BCUT2D eigenvalue weighted by Gasteiger charge is 2.24. The zero-order chi connectivity index (χ0) is 29.2. The molecule has 0 unspecified atom stereocenters. The summed E-state index contributed by atoms with van der Waals surface area (Å²) in [6.07, 6.45) is 8.08. The van der Waals surface area contributed by atoms with Crippen molar-refractivity contribution in [3.05, 3.63) is 82.5 Å². The number of amides is 1. The Labute approximate surface area is 244 Å². The van der Waals surface area contributed by atoms with Crippen molar-refractivity contribution in [1.82, 2.24) is 44.5 Å². The van der Waals surface area contributed by atoms with Crippen LogP contribution in [0.5, 0.6) is 0 Å². The maximum atomic E-state index is 13.7. The van der Waals surface area contributed by atoms with E-state index in [-0.39, 0.29) is 30.5 Å². The second kappa shape index (κ2) is 11.6. The average Bonchev–Trinajstić information content (AvgIpc) is 3.66. The zero-order valence-corrected chi connectivity index (χ0v) is 23.4. The molecule has 1 amide bonds. The van der Waals surface area contributed by atoms with Gasteiger partial charge in [0.1, 0.15) is 6.33 Å². The Kier molecular flexibility index (Phi) is 7.59. The summed E-state index contributed by atoms with van der Waals surface area (Å²) >= 11 is 6.30. The predicted molar refractivity (Wildman–Crippen MR) is 154 cm³/mol. The van der Waals surface area contributed by atoms with E-state index in [0.717, 1.165) is 5.56 Å². The van der Waals surface area contributed by atoms with Crippen molar-refractivity contribution in [2.45, 2.75) is 38.8 Å². The topological polar surface area (TPSA) is 159 Å². The Bertz CT molecular complexity index is 1800. The quantitative estimate of drug-likeness (QED) is 0.315. The van der Waals surface area contributed by atoms with E-state index >= 15 is 0 Å². The molecule has 42 heavy (non-hydrogen) atoms. The minimum atomic E-state index is -0.440. The number of nitrogens with one attached hydrogen (secondary N) is 1. The van der Waals surface area contributed by atoms with Crippen molar-refractivity contribution in [3.63, 3.8) is 0 Å². The number of benzene rings is 1. The fourth-order valence-electron chi connectivity index (χ4n) is 5.23. The van der Waals surface area contributed by atoms with Crippen LogP contribution in [-0.4, -0.2) is 62.1 Å². The summed E-state index contributed by atoms with van der Waals surface area (Å²) in [5.74, 6) is -0.385. The third-order valence-corrected chi connectivity index (χ3v) is 7.60. The molecule has 6 rings (SSSR count). The lowest BCUT2D eigenvalue weighted by molar-refractivity contribution is -0.119. The second-order valence-electron chi connectivity index (χ2n) is 10.1. The lowest BCUT2D eigenvalue weighted by Gasteiger charge is -2.22. The molecule has 0 saturated carbocycles. The lowest BCUT2D eigenvalue weighted by Crippen LogP contribution is -2.27. The minimum absolute atomic E-state index is 0.116. The summed E-state index contributed by atoms with van der Waals surface area (Å²) in [6, 6.07) is 9.92. The molecule has 1 aromatic carbocycles. The molecule has 0 aliphatic carbocycles. The van der Waals surface area contributed by atoms with Crippen molar-refractivity contribution in [2.75, 3.05) is 11.9 Å². The number of carbonyl (C=O) groups is 1. The maximum absolute atomic E-state index is 13.7.